The predicted octanol–water partition coefficient (Wildman–Crippen LogP) is 4.35. The van der Waals surface area contributed by atoms with Crippen LogP contribution in [0.5, 0.6) is 5.75 Å². The Morgan fingerprint density at radius 3 is 2.57 bits per heavy atom. The molecule has 9 nitrogen and oxygen atoms in total. The molecule has 0 atom stereocenters. The number of nitrogens with zero attached hydrogens (tertiary/aromatic N) is 5. The molecule has 0 radical (unpaired) electrons. The number of fused-ring (bicyclic) bond motifs is 1. The quantitative estimate of drug-likeness (QED) is 0.387. The van der Waals surface area contributed by atoms with Crippen molar-refractivity contribution in [3.05, 3.63) is 66.4 Å². The number of piperidine rings is 1. The van der Waals surface area contributed by atoms with E-state index in [1.165, 1.54) is 16.1 Å². The van der Waals surface area contributed by atoms with E-state index in [0.717, 1.165) is 48.4 Å². The molecule has 0 amide bonds. The molecule has 37 heavy (non-hydrogen) atoms. The van der Waals surface area contributed by atoms with Crippen molar-refractivity contribution < 1.29 is 13.2 Å². The number of hydrogen-bond acceptors (Lipinski definition) is 7. The lowest BCUT2D eigenvalue weighted by molar-refractivity contribution is 0.255. The first kappa shape index (κ1) is 25.0. The van der Waals surface area contributed by atoms with Crippen LogP contribution in [0.15, 0.2) is 60.8 Å². The third-order valence-corrected chi connectivity index (χ3v) is 8.27. The molecule has 0 aliphatic carbocycles. The molecule has 2 aromatic heterocycles. The monoisotopic (exact) mass is 520 g/mol. The Balaban J connectivity index is 1.51. The molecule has 0 spiro atoms. The molecular formula is C27H32N6O3S. The maximum absolute atomic E-state index is 12.3. The van der Waals surface area contributed by atoms with Gasteiger partial charge in [0.05, 0.1) is 42.1 Å². The second-order valence-corrected chi connectivity index (χ2v) is 11.6. The normalized spacial score (nSPS) is 15.1. The van der Waals surface area contributed by atoms with Crippen molar-refractivity contribution >= 4 is 32.9 Å². The summed E-state index contributed by atoms with van der Waals surface area (Å²) in [6.07, 6.45) is 5.18. The highest BCUT2D eigenvalue weighted by Crippen LogP contribution is 2.35. The van der Waals surface area contributed by atoms with Crippen molar-refractivity contribution in [2.75, 3.05) is 50.2 Å². The van der Waals surface area contributed by atoms with Gasteiger partial charge in [-0.25, -0.2) is 17.9 Å². The Bertz CT molecular complexity index is 1530. The average molecular weight is 521 g/mol. The number of rotatable bonds is 7. The van der Waals surface area contributed by atoms with Crippen LogP contribution < -0.4 is 14.4 Å². The van der Waals surface area contributed by atoms with Crippen LogP contribution in [-0.2, 0) is 10.0 Å². The van der Waals surface area contributed by atoms with E-state index < -0.39 is 10.0 Å². The van der Waals surface area contributed by atoms with Crippen LogP contribution >= 0.6 is 0 Å². The smallest absolute Gasteiger partial charge is 0.245 e. The number of anilines is 3. The molecule has 1 aliphatic heterocycles. The number of methoxy groups -OCH3 is 1. The van der Waals surface area contributed by atoms with E-state index in [4.69, 9.17) is 9.84 Å². The highest BCUT2D eigenvalue weighted by molar-refractivity contribution is 7.92. The first-order chi connectivity index (χ1) is 17.7. The fourth-order valence-electron chi connectivity index (χ4n) is 4.85. The fourth-order valence-corrected chi connectivity index (χ4v) is 5.36. The lowest BCUT2D eigenvalue weighted by atomic mass is 9.89. The van der Waals surface area contributed by atoms with Gasteiger partial charge in [-0.3, -0.25) is 4.31 Å². The number of aromatic nitrogens is 3. The molecule has 194 valence electrons. The van der Waals surface area contributed by atoms with Gasteiger partial charge in [0.15, 0.2) is 0 Å². The summed E-state index contributed by atoms with van der Waals surface area (Å²) >= 11 is 0. The predicted molar refractivity (Wildman–Crippen MR) is 147 cm³/mol. The molecule has 0 unspecified atom stereocenters. The molecule has 3 heterocycles. The molecule has 10 heteroatoms. The van der Waals surface area contributed by atoms with Gasteiger partial charge in [-0.2, -0.15) is 0 Å². The van der Waals surface area contributed by atoms with Gasteiger partial charge in [-0.1, -0.05) is 24.3 Å². The minimum absolute atomic E-state index is 0.415. The van der Waals surface area contributed by atoms with Crippen molar-refractivity contribution in [2.24, 2.45) is 0 Å². The summed E-state index contributed by atoms with van der Waals surface area (Å²) < 4.78 is 33.2. The number of ether oxygens (including phenoxy) is 1. The summed E-state index contributed by atoms with van der Waals surface area (Å²) in [4.78, 5) is 6.89. The fraction of sp³-hybridized carbons (Fsp3) is 0.333. The number of sulfonamides is 1. The first-order valence-electron chi connectivity index (χ1n) is 12.3. The zero-order valence-corrected chi connectivity index (χ0v) is 22.4. The Morgan fingerprint density at radius 1 is 1.08 bits per heavy atom. The van der Waals surface area contributed by atoms with Gasteiger partial charge in [0.25, 0.3) is 0 Å². The average Bonchev–Trinajstić information content (AvgIpc) is 3.31. The highest BCUT2D eigenvalue weighted by Gasteiger charge is 2.21. The highest BCUT2D eigenvalue weighted by atomic mass is 32.2. The van der Waals surface area contributed by atoms with Crippen LogP contribution in [0.1, 0.15) is 24.3 Å². The van der Waals surface area contributed by atoms with E-state index in [-0.39, 0.29) is 0 Å². The van der Waals surface area contributed by atoms with Crippen LogP contribution in [0, 0.1) is 0 Å². The van der Waals surface area contributed by atoms with Crippen LogP contribution in [0.2, 0.25) is 0 Å². The van der Waals surface area contributed by atoms with Crippen LogP contribution in [0.4, 0.5) is 17.3 Å². The summed E-state index contributed by atoms with van der Waals surface area (Å²) in [6.45, 7) is 2.18. The molecular weight excluding hydrogens is 488 g/mol. The SMILES string of the molecule is COc1ccc(C2CCN(C)CC2)cc1Nc1ncc2ccc(-c3ccccc3N(C)S(C)(=O)=O)n2n1. The van der Waals surface area contributed by atoms with Crippen molar-refractivity contribution in [2.45, 2.75) is 18.8 Å². The third kappa shape index (κ3) is 5.12. The Labute approximate surface area is 217 Å². The minimum atomic E-state index is -3.43. The summed E-state index contributed by atoms with van der Waals surface area (Å²) in [5, 5.41) is 8.11. The van der Waals surface area contributed by atoms with E-state index in [0.29, 0.717) is 23.3 Å². The number of nitrogens with one attached hydrogen (secondary N) is 1. The zero-order chi connectivity index (χ0) is 26.2. The number of hydrogen-bond donors (Lipinski definition) is 1. The van der Waals surface area contributed by atoms with Crippen LogP contribution in [-0.4, -0.2) is 68.5 Å². The lowest BCUT2D eigenvalue weighted by Crippen LogP contribution is -2.29. The third-order valence-electron chi connectivity index (χ3n) is 7.08. The van der Waals surface area contributed by atoms with Gasteiger partial charge in [-0.15, -0.1) is 5.10 Å². The number of benzene rings is 2. The van der Waals surface area contributed by atoms with Gasteiger partial charge in [0.2, 0.25) is 16.0 Å². The van der Waals surface area contributed by atoms with Crippen molar-refractivity contribution in [1.82, 2.24) is 19.5 Å². The van der Waals surface area contributed by atoms with Gasteiger partial charge in [-0.05, 0) is 74.8 Å². The largest absolute Gasteiger partial charge is 0.495 e. The molecule has 1 N–H and O–H groups in total. The van der Waals surface area contributed by atoms with E-state index in [1.54, 1.807) is 30.9 Å². The van der Waals surface area contributed by atoms with E-state index >= 15 is 0 Å². The maximum Gasteiger partial charge on any atom is 0.245 e. The second-order valence-electron chi connectivity index (χ2n) is 9.55. The van der Waals surface area contributed by atoms with Gasteiger partial charge < -0.3 is 15.0 Å². The molecule has 2 aromatic carbocycles. The van der Waals surface area contributed by atoms with Crippen molar-refractivity contribution in [3.8, 4) is 17.0 Å². The molecule has 1 saturated heterocycles. The second kappa shape index (κ2) is 10.0. The van der Waals surface area contributed by atoms with E-state index in [9.17, 15) is 8.42 Å². The van der Waals surface area contributed by atoms with Gasteiger partial charge in [0, 0.05) is 12.6 Å². The van der Waals surface area contributed by atoms with Gasteiger partial charge >= 0.3 is 0 Å². The van der Waals surface area contributed by atoms with Crippen LogP contribution in [0.25, 0.3) is 16.8 Å². The van der Waals surface area contributed by atoms with E-state index in [1.807, 2.05) is 36.4 Å². The minimum Gasteiger partial charge on any atom is -0.495 e. The molecule has 5 rings (SSSR count). The first-order valence-corrected chi connectivity index (χ1v) is 14.1. The topological polar surface area (TPSA) is 92.1 Å². The number of para-hydroxylation sites is 1. The molecule has 1 fully saturated rings. The molecule has 0 bridgehead atoms. The lowest BCUT2D eigenvalue weighted by Gasteiger charge is -2.29. The summed E-state index contributed by atoms with van der Waals surface area (Å²) in [5.74, 6) is 1.64. The summed E-state index contributed by atoms with van der Waals surface area (Å²) in [5.41, 5.74) is 4.97. The maximum atomic E-state index is 12.3. The summed E-state index contributed by atoms with van der Waals surface area (Å²) in [7, 11) is 1.93. The van der Waals surface area contributed by atoms with Crippen LogP contribution in [0.3, 0.4) is 0 Å². The molecule has 1 aliphatic rings. The Hall–Kier alpha value is -3.63. The standard InChI is InChI=1S/C27H32N6O3S/c1-31-15-13-19(14-16-31)20-9-12-26(36-3)23(17-20)29-27-28-18-21-10-11-25(33(21)30-27)22-7-5-6-8-24(22)32(2)37(4,34)35/h5-12,17-19H,13-16H2,1-4H3,(H,29,30). The number of likely N-dealkylation sites (tertiary alicyclic amines) is 1. The molecule has 0 saturated carbocycles. The van der Waals surface area contributed by atoms with Crippen molar-refractivity contribution in [3.63, 3.8) is 0 Å². The van der Waals surface area contributed by atoms with Gasteiger partial charge in [0.1, 0.15) is 5.75 Å². The summed E-state index contributed by atoms with van der Waals surface area (Å²) in [6, 6.07) is 17.5. The zero-order valence-electron chi connectivity index (χ0n) is 21.5. The Morgan fingerprint density at radius 2 is 1.84 bits per heavy atom. The van der Waals surface area contributed by atoms with Crippen molar-refractivity contribution in [1.29, 1.82) is 0 Å². The molecule has 4 aromatic rings. The Kier molecular flexibility index (Phi) is 6.78. The van der Waals surface area contributed by atoms with E-state index in [2.05, 4.69) is 34.4 Å².